The summed E-state index contributed by atoms with van der Waals surface area (Å²) in [6, 6.07) is 8.47. The van der Waals surface area contributed by atoms with Crippen molar-refractivity contribution in [2.75, 3.05) is 20.8 Å². The van der Waals surface area contributed by atoms with Crippen LogP contribution >= 0.6 is 0 Å². The van der Waals surface area contributed by atoms with Crippen molar-refractivity contribution in [3.05, 3.63) is 59.4 Å². The average molecular weight is 360 g/mol. The molecular formula is C19H17FO6. The average Bonchev–Trinajstić information content (AvgIpc) is 2.63. The standard InChI is InChI=1S/C19H17FO6/c1-24-17-6-4-12(7-18(17)25-2)3-5-16(21)13-8-14(20)10-15(9-13)26-11-19(22)23/h3-10H,11H2,1-2H3,(H,22,23). The third kappa shape index (κ3) is 5.07. The lowest BCUT2D eigenvalue weighted by atomic mass is 10.1. The van der Waals surface area contributed by atoms with Gasteiger partial charge in [0, 0.05) is 11.6 Å². The SMILES string of the molecule is COc1ccc(C=CC(=O)c2cc(F)cc(OCC(=O)O)c2)cc1OC. The molecule has 2 aromatic carbocycles. The summed E-state index contributed by atoms with van der Waals surface area (Å²) in [6.07, 6.45) is 2.82. The molecule has 2 aromatic rings. The number of rotatable bonds is 8. The van der Waals surface area contributed by atoms with Crippen LogP contribution in [0.3, 0.4) is 0 Å². The van der Waals surface area contributed by atoms with Crippen LogP contribution in [0.1, 0.15) is 15.9 Å². The monoisotopic (exact) mass is 360 g/mol. The molecule has 0 amide bonds. The van der Waals surface area contributed by atoms with Crippen molar-refractivity contribution in [3.63, 3.8) is 0 Å². The number of hydrogen-bond donors (Lipinski definition) is 1. The van der Waals surface area contributed by atoms with E-state index in [0.29, 0.717) is 17.1 Å². The number of ketones is 1. The Bertz CT molecular complexity index is 844. The molecule has 0 aliphatic carbocycles. The molecule has 0 unspecified atom stereocenters. The van der Waals surface area contributed by atoms with Crippen LogP contribution in [0.25, 0.3) is 6.08 Å². The second-order valence-electron chi connectivity index (χ2n) is 5.17. The van der Waals surface area contributed by atoms with Gasteiger partial charge in [0.05, 0.1) is 14.2 Å². The molecule has 0 aliphatic rings. The van der Waals surface area contributed by atoms with Gasteiger partial charge in [0.1, 0.15) is 11.6 Å². The zero-order chi connectivity index (χ0) is 19.1. The van der Waals surface area contributed by atoms with Gasteiger partial charge in [0.25, 0.3) is 0 Å². The van der Waals surface area contributed by atoms with Gasteiger partial charge in [0.15, 0.2) is 23.9 Å². The molecule has 0 fully saturated rings. The highest BCUT2D eigenvalue weighted by Gasteiger charge is 2.09. The van der Waals surface area contributed by atoms with Crippen LogP contribution in [0.2, 0.25) is 0 Å². The quantitative estimate of drug-likeness (QED) is 0.575. The molecule has 0 heterocycles. The van der Waals surface area contributed by atoms with Crippen molar-refractivity contribution < 1.29 is 33.3 Å². The summed E-state index contributed by atoms with van der Waals surface area (Å²) in [4.78, 5) is 22.8. The van der Waals surface area contributed by atoms with E-state index in [0.717, 1.165) is 12.1 Å². The smallest absolute Gasteiger partial charge is 0.341 e. The van der Waals surface area contributed by atoms with Gasteiger partial charge in [0.2, 0.25) is 0 Å². The van der Waals surface area contributed by atoms with Crippen molar-refractivity contribution in [1.29, 1.82) is 0 Å². The molecule has 0 saturated carbocycles. The van der Waals surface area contributed by atoms with Crippen molar-refractivity contribution in [2.24, 2.45) is 0 Å². The molecule has 7 heteroatoms. The van der Waals surface area contributed by atoms with Crippen LogP contribution in [0.5, 0.6) is 17.2 Å². The lowest BCUT2D eigenvalue weighted by Crippen LogP contribution is -2.10. The minimum atomic E-state index is -1.20. The maximum atomic E-state index is 13.6. The van der Waals surface area contributed by atoms with Crippen LogP contribution in [-0.4, -0.2) is 37.7 Å². The Morgan fingerprint density at radius 2 is 1.81 bits per heavy atom. The first-order chi connectivity index (χ1) is 12.4. The first-order valence-corrected chi connectivity index (χ1v) is 7.52. The minimum Gasteiger partial charge on any atom is -0.493 e. The Labute approximate surface area is 149 Å². The molecule has 2 rings (SSSR count). The number of benzene rings is 2. The van der Waals surface area contributed by atoms with Crippen LogP contribution in [0, 0.1) is 5.82 Å². The number of hydrogen-bond acceptors (Lipinski definition) is 5. The van der Waals surface area contributed by atoms with Gasteiger partial charge >= 0.3 is 5.97 Å². The predicted molar refractivity (Wildman–Crippen MR) is 92.4 cm³/mol. The molecule has 0 radical (unpaired) electrons. The summed E-state index contributed by atoms with van der Waals surface area (Å²) in [5.74, 6) is -1.32. The number of ether oxygens (including phenoxy) is 3. The second-order valence-corrected chi connectivity index (χ2v) is 5.17. The van der Waals surface area contributed by atoms with Gasteiger partial charge in [-0.3, -0.25) is 4.79 Å². The Morgan fingerprint density at radius 1 is 1.08 bits per heavy atom. The topological polar surface area (TPSA) is 82.1 Å². The number of aliphatic carboxylic acids is 1. The van der Waals surface area contributed by atoms with E-state index < -0.39 is 24.2 Å². The molecule has 0 aromatic heterocycles. The largest absolute Gasteiger partial charge is 0.493 e. The van der Waals surface area contributed by atoms with Crippen molar-refractivity contribution in [1.82, 2.24) is 0 Å². The van der Waals surface area contributed by atoms with E-state index in [9.17, 15) is 14.0 Å². The Hall–Kier alpha value is -3.35. The van der Waals surface area contributed by atoms with Crippen LogP contribution in [0.4, 0.5) is 4.39 Å². The summed E-state index contributed by atoms with van der Waals surface area (Å²) < 4.78 is 28.9. The minimum absolute atomic E-state index is 0.0322. The normalized spacial score (nSPS) is 10.6. The third-order valence-electron chi connectivity index (χ3n) is 3.35. The van der Waals surface area contributed by atoms with Gasteiger partial charge in [-0.05, 0) is 35.9 Å². The number of allylic oxidation sites excluding steroid dienone is 1. The zero-order valence-corrected chi connectivity index (χ0v) is 14.2. The fourth-order valence-corrected chi connectivity index (χ4v) is 2.16. The fourth-order valence-electron chi connectivity index (χ4n) is 2.16. The van der Waals surface area contributed by atoms with Crippen molar-refractivity contribution in [3.8, 4) is 17.2 Å². The van der Waals surface area contributed by atoms with Gasteiger partial charge in [-0.2, -0.15) is 0 Å². The molecule has 0 saturated heterocycles. The van der Waals surface area contributed by atoms with Gasteiger partial charge in [-0.1, -0.05) is 12.1 Å². The Kier molecular flexibility index (Phi) is 6.32. The van der Waals surface area contributed by atoms with E-state index >= 15 is 0 Å². The fraction of sp³-hybridized carbons (Fsp3) is 0.158. The van der Waals surface area contributed by atoms with E-state index in [1.807, 2.05) is 0 Å². The van der Waals surface area contributed by atoms with E-state index in [1.54, 1.807) is 24.3 Å². The number of carboxylic acid groups (broad SMARTS) is 1. The first-order valence-electron chi connectivity index (χ1n) is 7.52. The van der Waals surface area contributed by atoms with Gasteiger partial charge in [-0.15, -0.1) is 0 Å². The van der Waals surface area contributed by atoms with Gasteiger partial charge in [-0.25, -0.2) is 9.18 Å². The maximum Gasteiger partial charge on any atom is 0.341 e. The van der Waals surface area contributed by atoms with Crippen molar-refractivity contribution in [2.45, 2.75) is 0 Å². The van der Waals surface area contributed by atoms with Crippen LogP contribution in [0.15, 0.2) is 42.5 Å². The molecule has 0 bridgehead atoms. The van der Waals surface area contributed by atoms with Crippen molar-refractivity contribution >= 4 is 17.8 Å². The molecule has 6 nitrogen and oxygen atoms in total. The molecule has 0 aliphatic heterocycles. The molecule has 0 spiro atoms. The summed E-state index contributed by atoms with van der Waals surface area (Å²) in [5.41, 5.74) is 0.733. The molecule has 26 heavy (non-hydrogen) atoms. The molecule has 136 valence electrons. The number of carbonyl (C=O) groups is 2. The van der Waals surface area contributed by atoms with E-state index in [-0.39, 0.29) is 11.3 Å². The first kappa shape index (κ1) is 19.0. The van der Waals surface area contributed by atoms with Crippen LogP contribution in [-0.2, 0) is 4.79 Å². The summed E-state index contributed by atoms with van der Waals surface area (Å²) in [7, 11) is 3.02. The summed E-state index contributed by atoms with van der Waals surface area (Å²) in [6.45, 7) is -0.626. The number of halogens is 1. The molecule has 0 atom stereocenters. The highest BCUT2D eigenvalue weighted by molar-refractivity contribution is 6.07. The highest BCUT2D eigenvalue weighted by Crippen LogP contribution is 2.28. The number of carbonyl (C=O) groups excluding carboxylic acids is 1. The molecule has 1 N–H and O–H groups in total. The maximum absolute atomic E-state index is 13.6. The number of methoxy groups -OCH3 is 2. The van der Waals surface area contributed by atoms with Gasteiger partial charge < -0.3 is 19.3 Å². The summed E-state index contributed by atoms with van der Waals surface area (Å²) in [5, 5.41) is 8.60. The molecular weight excluding hydrogens is 343 g/mol. The number of carboxylic acids is 1. The summed E-state index contributed by atoms with van der Waals surface area (Å²) >= 11 is 0. The Balaban J connectivity index is 2.18. The van der Waals surface area contributed by atoms with E-state index in [2.05, 4.69) is 0 Å². The lowest BCUT2D eigenvalue weighted by molar-refractivity contribution is -0.139. The highest BCUT2D eigenvalue weighted by atomic mass is 19.1. The second kappa shape index (κ2) is 8.66. The van der Waals surface area contributed by atoms with Crippen LogP contribution < -0.4 is 14.2 Å². The van der Waals surface area contributed by atoms with E-state index in [4.69, 9.17) is 19.3 Å². The lowest BCUT2D eigenvalue weighted by Gasteiger charge is -2.07. The zero-order valence-electron chi connectivity index (χ0n) is 14.2. The Morgan fingerprint density at radius 3 is 2.46 bits per heavy atom. The third-order valence-corrected chi connectivity index (χ3v) is 3.35. The van der Waals surface area contributed by atoms with E-state index in [1.165, 1.54) is 26.4 Å². The predicted octanol–water partition coefficient (Wildman–Crippen LogP) is 3.20.